The Bertz CT molecular complexity index is 782. The highest BCUT2D eigenvalue weighted by Crippen LogP contribution is 2.40. The predicted molar refractivity (Wildman–Crippen MR) is 117 cm³/mol. The number of carbonyl (C=O) groups is 1. The number of hydrogen-bond donors (Lipinski definition) is 0. The van der Waals surface area contributed by atoms with Gasteiger partial charge in [-0.2, -0.15) is 5.26 Å². The highest BCUT2D eigenvalue weighted by atomic mass is 16.2. The van der Waals surface area contributed by atoms with Crippen LogP contribution in [0.5, 0.6) is 0 Å². The first-order valence-electron chi connectivity index (χ1n) is 11.2. The number of anilines is 2. The number of nitrogens with zero attached hydrogens (tertiary/aromatic N) is 4. The molecule has 29 heavy (non-hydrogen) atoms. The van der Waals surface area contributed by atoms with Crippen LogP contribution >= 0.6 is 0 Å². The number of piperidine rings is 1. The number of fused-ring (bicyclic) bond motifs is 1. The zero-order valence-electron chi connectivity index (χ0n) is 17.4. The van der Waals surface area contributed by atoms with Gasteiger partial charge in [0.15, 0.2) is 0 Å². The van der Waals surface area contributed by atoms with Crippen molar-refractivity contribution in [3.8, 4) is 6.07 Å². The fourth-order valence-electron chi connectivity index (χ4n) is 5.36. The van der Waals surface area contributed by atoms with E-state index in [0.717, 1.165) is 43.3 Å². The average Bonchev–Trinajstić information content (AvgIpc) is 2.72. The Hall–Kier alpha value is -2.32. The number of hydrogen-bond acceptors (Lipinski definition) is 4. The Morgan fingerprint density at radius 2 is 1.55 bits per heavy atom. The molecule has 1 amide bonds. The second kappa shape index (κ2) is 9.00. The molecule has 1 aromatic carbocycles. The highest BCUT2D eigenvalue weighted by molar-refractivity contribution is 6.13. The third-order valence-corrected chi connectivity index (χ3v) is 6.90. The van der Waals surface area contributed by atoms with Crippen molar-refractivity contribution in [2.75, 3.05) is 29.4 Å². The number of likely N-dealkylation sites (tertiary alicyclic amines) is 1. The molecule has 0 unspecified atom stereocenters. The molecule has 1 saturated heterocycles. The lowest BCUT2D eigenvalue weighted by molar-refractivity contribution is -0.115. The van der Waals surface area contributed by atoms with Crippen LogP contribution < -0.4 is 9.80 Å². The van der Waals surface area contributed by atoms with Crippen LogP contribution in [0.3, 0.4) is 0 Å². The van der Waals surface area contributed by atoms with Crippen LogP contribution in [0, 0.1) is 11.3 Å². The van der Waals surface area contributed by atoms with Gasteiger partial charge in [0.05, 0.1) is 17.4 Å². The summed E-state index contributed by atoms with van der Waals surface area (Å²) in [5.41, 5.74) is 2.34. The fourth-order valence-corrected chi connectivity index (χ4v) is 5.36. The van der Waals surface area contributed by atoms with Gasteiger partial charge in [0.25, 0.3) is 5.91 Å². The summed E-state index contributed by atoms with van der Waals surface area (Å²) in [4.78, 5) is 19.3. The fraction of sp³-hybridized carbons (Fsp3) is 0.583. The van der Waals surface area contributed by atoms with Gasteiger partial charge in [0.2, 0.25) is 0 Å². The molecule has 0 radical (unpaired) electrons. The molecule has 2 aliphatic heterocycles. The third kappa shape index (κ3) is 4.04. The van der Waals surface area contributed by atoms with Gasteiger partial charge < -0.3 is 9.80 Å². The smallest absolute Gasteiger partial charge is 0.275 e. The van der Waals surface area contributed by atoms with Crippen LogP contribution in [0.4, 0.5) is 11.4 Å². The number of nitriles is 1. The number of carbonyl (C=O) groups excluding carboxylic acids is 1. The Balaban J connectivity index is 1.49. The lowest BCUT2D eigenvalue weighted by atomic mass is 9.92. The van der Waals surface area contributed by atoms with Crippen LogP contribution in [0.25, 0.3) is 0 Å². The average molecular weight is 393 g/mol. The van der Waals surface area contributed by atoms with Crippen molar-refractivity contribution in [2.24, 2.45) is 0 Å². The van der Waals surface area contributed by atoms with E-state index in [1.807, 2.05) is 18.2 Å². The van der Waals surface area contributed by atoms with E-state index in [9.17, 15) is 4.79 Å². The van der Waals surface area contributed by atoms with Gasteiger partial charge in [0.1, 0.15) is 12.2 Å². The molecule has 2 fully saturated rings. The first-order valence-corrected chi connectivity index (χ1v) is 11.2. The molecule has 1 aromatic rings. The van der Waals surface area contributed by atoms with E-state index in [-0.39, 0.29) is 12.5 Å². The maximum atomic E-state index is 12.9. The van der Waals surface area contributed by atoms with Gasteiger partial charge in [0, 0.05) is 25.2 Å². The number of amides is 1. The molecule has 3 aliphatic rings. The van der Waals surface area contributed by atoms with Gasteiger partial charge in [-0.25, -0.2) is 0 Å². The second-order valence-electron chi connectivity index (χ2n) is 8.62. The van der Waals surface area contributed by atoms with Gasteiger partial charge >= 0.3 is 0 Å². The minimum absolute atomic E-state index is 0.0584. The number of rotatable bonds is 3. The molecule has 4 rings (SSSR count). The summed E-state index contributed by atoms with van der Waals surface area (Å²) in [6.45, 7) is 6.37. The minimum Gasteiger partial charge on any atom is -0.333 e. The van der Waals surface area contributed by atoms with E-state index in [0.29, 0.717) is 11.7 Å². The summed E-state index contributed by atoms with van der Waals surface area (Å²) in [7, 11) is 0. The van der Waals surface area contributed by atoms with E-state index >= 15 is 0 Å². The quantitative estimate of drug-likeness (QED) is 0.563. The lowest BCUT2D eigenvalue weighted by Crippen LogP contribution is -2.52. The highest BCUT2D eigenvalue weighted by Gasteiger charge is 2.38. The summed E-state index contributed by atoms with van der Waals surface area (Å²) in [5.74, 6) is -0.146. The van der Waals surface area contributed by atoms with Crippen LogP contribution in [-0.4, -0.2) is 42.5 Å². The van der Waals surface area contributed by atoms with Crippen molar-refractivity contribution in [3.05, 3.63) is 36.5 Å². The topological polar surface area (TPSA) is 50.6 Å². The Morgan fingerprint density at radius 3 is 2.21 bits per heavy atom. The molecule has 5 heteroatoms. The van der Waals surface area contributed by atoms with Crippen molar-refractivity contribution < 1.29 is 4.79 Å². The molecule has 0 N–H and O–H groups in total. The molecule has 1 aliphatic carbocycles. The summed E-state index contributed by atoms with van der Waals surface area (Å²) in [6.07, 6.45) is 11.7. The van der Waals surface area contributed by atoms with E-state index in [2.05, 4.69) is 28.5 Å². The van der Waals surface area contributed by atoms with Crippen LogP contribution in [0.1, 0.15) is 57.8 Å². The molecule has 5 nitrogen and oxygen atoms in total. The molecule has 1 saturated carbocycles. The Morgan fingerprint density at radius 1 is 0.931 bits per heavy atom. The molecule has 154 valence electrons. The van der Waals surface area contributed by atoms with Gasteiger partial charge in [-0.1, -0.05) is 50.8 Å². The Kier molecular flexibility index (Phi) is 6.20. The third-order valence-electron chi connectivity index (χ3n) is 6.90. The molecule has 0 spiro atoms. The second-order valence-corrected chi connectivity index (χ2v) is 8.62. The molecule has 0 bridgehead atoms. The van der Waals surface area contributed by atoms with E-state index in [4.69, 9.17) is 5.26 Å². The van der Waals surface area contributed by atoms with Gasteiger partial charge in [-0.05, 0) is 37.8 Å². The van der Waals surface area contributed by atoms with E-state index in [1.54, 1.807) is 4.90 Å². The summed E-state index contributed by atoms with van der Waals surface area (Å²) < 4.78 is 0. The maximum absolute atomic E-state index is 12.9. The van der Waals surface area contributed by atoms with Crippen molar-refractivity contribution in [1.82, 2.24) is 4.90 Å². The standard InChI is InChI=1S/C24H32N4O/c1-19-24(29)27(18-15-25)22-11-7-8-12-23(22)28(19)21-13-16-26(17-14-21)20-9-5-3-2-4-6-10-20/h7-8,11-12,20-21H,1-6,9-10,13-14,16-18H2. The molecule has 0 aromatic heterocycles. The SMILES string of the molecule is C=C1C(=O)N(CC#N)c2ccccc2N1C1CCN(C2CCCCCCC2)CC1. The molecule has 0 atom stereocenters. The first kappa shape index (κ1) is 20.0. The monoisotopic (exact) mass is 392 g/mol. The lowest BCUT2D eigenvalue weighted by Gasteiger charge is -2.46. The van der Waals surface area contributed by atoms with Crippen molar-refractivity contribution in [1.29, 1.82) is 5.26 Å². The zero-order valence-corrected chi connectivity index (χ0v) is 17.4. The zero-order chi connectivity index (χ0) is 20.2. The normalized spacial score (nSPS) is 22.7. The molecular weight excluding hydrogens is 360 g/mol. The first-order chi connectivity index (χ1) is 14.2. The van der Waals surface area contributed by atoms with E-state index in [1.165, 1.54) is 44.9 Å². The number of benzene rings is 1. The minimum atomic E-state index is -0.146. The van der Waals surface area contributed by atoms with Crippen molar-refractivity contribution >= 4 is 17.3 Å². The van der Waals surface area contributed by atoms with Crippen molar-refractivity contribution in [2.45, 2.75) is 69.9 Å². The summed E-state index contributed by atoms with van der Waals surface area (Å²) in [5, 5.41) is 9.16. The largest absolute Gasteiger partial charge is 0.333 e. The molecule has 2 heterocycles. The van der Waals surface area contributed by atoms with Gasteiger partial charge in [-0.15, -0.1) is 0 Å². The van der Waals surface area contributed by atoms with Crippen LogP contribution in [0.2, 0.25) is 0 Å². The molecular formula is C24H32N4O. The predicted octanol–water partition coefficient (Wildman–Crippen LogP) is 4.45. The van der Waals surface area contributed by atoms with Crippen molar-refractivity contribution in [3.63, 3.8) is 0 Å². The maximum Gasteiger partial charge on any atom is 0.275 e. The number of para-hydroxylation sites is 2. The van der Waals surface area contributed by atoms with Crippen LogP contribution in [0.15, 0.2) is 36.5 Å². The Labute approximate surface area is 174 Å². The van der Waals surface area contributed by atoms with E-state index < -0.39 is 0 Å². The summed E-state index contributed by atoms with van der Waals surface area (Å²) >= 11 is 0. The summed E-state index contributed by atoms with van der Waals surface area (Å²) in [6, 6.07) is 11.1. The van der Waals surface area contributed by atoms with Crippen LogP contribution in [-0.2, 0) is 4.79 Å². The van der Waals surface area contributed by atoms with Gasteiger partial charge in [-0.3, -0.25) is 9.69 Å².